The number of carbonyl (C=O) groups is 6. The van der Waals surface area contributed by atoms with Crippen molar-refractivity contribution in [3.63, 3.8) is 0 Å². The molecule has 0 spiro atoms. The highest BCUT2D eigenvalue weighted by molar-refractivity contribution is 6.24. The van der Waals surface area contributed by atoms with Gasteiger partial charge >= 0.3 is 6.36 Å². The number of pyridine rings is 1. The van der Waals surface area contributed by atoms with E-state index < -0.39 is 36.0 Å². The lowest BCUT2D eigenvalue weighted by Gasteiger charge is -2.27. The lowest BCUT2D eigenvalue weighted by atomic mass is 10.0. The van der Waals surface area contributed by atoms with Crippen LogP contribution in [0, 0.1) is 0 Å². The van der Waals surface area contributed by atoms with E-state index in [4.69, 9.17) is 9.47 Å². The maximum absolute atomic E-state index is 13.2. The molecule has 2 aromatic carbocycles. The highest BCUT2D eigenvalue weighted by Gasteiger charge is 2.46. The predicted octanol–water partition coefficient (Wildman–Crippen LogP) is 5.52. The first-order chi connectivity index (χ1) is 29.4. The quantitative estimate of drug-likeness (QED) is 0.0572. The van der Waals surface area contributed by atoms with E-state index in [2.05, 4.69) is 35.6 Å². The van der Waals surface area contributed by atoms with Crippen molar-refractivity contribution < 1.29 is 56.1 Å². The maximum atomic E-state index is 13.2. The average molecular weight is 850 g/mol. The van der Waals surface area contributed by atoms with E-state index in [0.29, 0.717) is 41.4 Å². The predicted molar refractivity (Wildman–Crippen MR) is 212 cm³/mol. The molecule has 0 bridgehead atoms. The fourth-order valence-corrected chi connectivity index (χ4v) is 7.03. The van der Waals surface area contributed by atoms with Gasteiger partial charge in [0.2, 0.25) is 11.8 Å². The number of unbranched alkanes of at least 4 members (excludes halogenated alkanes) is 9. The molecule has 19 heteroatoms. The molecule has 16 nitrogen and oxygen atoms in total. The third kappa shape index (κ3) is 12.3. The van der Waals surface area contributed by atoms with Crippen LogP contribution in [-0.4, -0.2) is 94.0 Å². The first-order valence-electron chi connectivity index (χ1n) is 20.2. The summed E-state index contributed by atoms with van der Waals surface area (Å²) >= 11 is 0. The molecule has 324 valence electrons. The molecular weight excluding hydrogens is 803 g/mol. The number of nitrogens with one attached hydrogen (secondary N) is 4. The number of hydrogen-bond acceptors (Lipinski definition) is 11. The van der Waals surface area contributed by atoms with Crippen LogP contribution < -0.4 is 30.2 Å². The number of piperidine rings is 1. The Kier molecular flexibility index (Phi) is 14.9. The van der Waals surface area contributed by atoms with Gasteiger partial charge in [0.25, 0.3) is 23.6 Å². The molecule has 6 amide bonds. The zero-order chi connectivity index (χ0) is 43.4. The molecule has 1 unspecified atom stereocenters. The first-order valence-corrected chi connectivity index (χ1v) is 20.2. The Morgan fingerprint density at radius 3 is 2.05 bits per heavy atom. The van der Waals surface area contributed by atoms with Crippen LogP contribution >= 0.6 is 0 Å². The minimum Gasteiger partial charge on any atom is -0.483 e. The SMILES string of the molecule is O=C(COc1ccc(-c2nc3ccc(OC(F)(F)F)cc3[nH]2)nc1)NCCCCCCCCCCCCNC(=O)COc1cccc2c1C(=O)N(C1CCC(=O)NC1=O)C2=O. The number of H-pyrrole nitrogens is 1. The van der Waals surface area contributed by atoms with Gasteiger partial charge in [0.05, 0.1) is 28.4 Å². The number of alkyl halides is 3. The first kappa shape index (κ1) is 44.0. The number of amides is 6. The fraction of sp³-hybridized carbons (Fsp3) is 0.429. The van der Waals surface area contributed by atoms with Gasteiger partial charge in [0.1, 0.15) is 29.0 Å². The van der Waals surface area contributed by atoms with E-state index in [9.17, 15) is 41.9 Å². The van der Waals surface area contributed by atoms with Crippen molar-refractivity contribution in [2.75, 3.05) is 26.3 Å². The van der Waals surface area contributed by atoms with Crippen LogP contribution in [0.15, 0.2) is 54.7 Å². The molecule has 2 aromatic heterocycles. The van der Waals surface area contributed by atoms with E-state index >= 15 is 0 Å². The Morgan fingerprint density at radius 2 is 1.43 bits per heavy atom. The molecule has 0 aliphatic carbocycles. The zero-order valence-electron chi connectivity index (χ0n) is 33.2. The molecule has 6 rings (SSSR count). The molecule has 1 saturated heterocycles. The van der Waals surface area contributed by atoms with Gasteiger partial charge in [0.15, 0.2) is 19.0 Å². The highest BCUT2D eigenvalue weighted by Crippen LogP contribution is 2.34. The molecule has 2 aliphatic heterocycles. The molecule has 1 atom stereocenters. The van der Waals surface area contributed by atoms with E-state index in [1.807, 2.05) is 0 Å². The summed E-state index contributed by atoms with van der Waals surface area (Å²) in [6.45, 7) is 0.508. The summed E-state index contributed by atoms with van der Waals surface area (Å²) in [6.07, 6.45) is 6.88. The smallest absolute Gasteiger partial charge is 0.483 e. The molecule has 61 heavy (non-hydrogen) atoms. The van der Waals surface area contributed by atoms with Gasteiger partial charge in [0, 0.05) is 25.6 Å². The number of nitrogens with zero attached hydrogens (tertiary/aromatic N) is 3. The van der Waals surface area contributed by atoms with Crippen molar-refractivity contribution in [1.29, 1.82) is 0 Å². The summed E-state index contributed by atoms with van der Waals surface area (Å²) < 4.78 is 52.7. The number of benzene rings is 2. The van der Waals surface area contributed by atoms with E-state index in [1.165, 1.54) is 42.6 Å². The third-order valence-electron chi connectivity index (χ3n) is 10.1. The minimum absolute atomic E-state index is 0.00503. The van der Waals surface area contributed by atoms with Crippen LogP contribution in [0.3, 0.4) is 0 Å². The summed E-state index contributed by atoms with van der Waals surface area (Å²) in [4.78, 5) is 87.1. The summed E-state index contributed by atoms with van der Waals surface area (Å²) in [5.74, 6) is -2.68. The molecule has 4 heterocycles. The number of halogens is 3. The number of ether oxygens (including phenoxy) is 3. The molecular formula is C42H46F3N7O9. The normalized spacial score (nSPS) is 15.1. The standard InChI is InChI=1S/C42H46F3N7O9/c43-42(44,45)61-26-14-16-29-31(22-26)50-38(49-29)30-17-15-27(23-48-30)59-24-35(54)46-20-9-7-5-3-1-2-4-6-8-10-21-47-36(55)25-60-33-13-11-12-28-37(33)41(58)52(40(28)57)32-18-19-34(53)51-39(32)56/h11-17,22-23,32H,1-10,18-21,24-25H2,(H,46,54)(H,47,55)(H,49,50)(H,51,53,56). The van der Waals surface area contributed by atoms with Crippen molar-refractivity contribution in [1.82, 2.24) is 35.8 Å². The minimum atomic E-state index is -4.80. The lowest BCUT2D eigenvalue weighted by molar-refractivity contribution is -0.274. The number of imidazole rings is 1. The Balaban J connectivity index is 0.748. The monoisotopic (exact) mass is 849 g/mol. The topological polar surface area (TPSA) is 211 Å². The Morgan fingerprint density at radius 1 is 0.787 bits per heavy atom. The van der Waals surface area contributed by atoms with Crippen LogP contribution in [-0.2, 0) is 19.2 Å². The van der Waals surface area contributed by atoms with Gasteiger partial charge in [-0.2, -0.15) is 0 Å². The number of imide groups is 2. The molecule has 2 aliphatic rings. The largest absolute Gasteiger partial charge is 0.573 e. The molecule has 4 aromatic rings. The lowest BCUT2D eigenvalue weighted by Crippen LogP contribution is -2.54. The van der Waals surface area contributed by atoms with Crippen molar-refractivity contribution in [2.45, 2.75) is 89.5 Å². The van der Waals surface area contributed by atoms with Crippen LogP contribution in [0.5, 0.6) is 17.2 Å². The molecule has 0 radical (unpaired) electrons. The van der Waals surface area contributed by atoms with Crippen LogP contribution in [0.2, 0.25) is 0 Å². The fourth-order valence-electron chi connectivity index (χ4n) is 7.03. The summed E-state index contributed by atoms with van der Waals surface area (Å²) in [6, 6.07) is 10.4. The Hall–Kier alpha value is -6.53. The average Bonchev–Trinajstić information content (AvgIpc) is 3.76. The van der Waals surface area contributed by atoms with Crippen LogP contribution in [0.1, 0.15) is 97.8 Å². The summed E-state index contributed by atoms with van der Waals surface area (Å²) in [5.41, 5.74) is 1.32. The number of fused-ring (bicyclic) bond motifs is 2. The maximum Gasteiger partial charge on any atom is 0.573 e. The summed E-state index contributed by atoms with van der Waals surface area (Å²) in [5, 5.41) is 7.82. The number of hydrogen-bond donors (Lipinski definition) is 4. The van der Waals surface area contributed by atoms with Crippen molar-refractivity contribution in [3.05, 3.63) is 65.9 Å². The van der Waals surface area contributed by atoms with Crippen molar-refractivity contribution in [2.24, 2.45) is 0 Å². The van der Waals surface area contributed by atoms with Crippen molar-refractivity contribution >= 4 is 46.5 Å². The Bertz CT molecular complexity index is 2230. The van der Waals surface area contributed by atoms with Gasteiger partial charge < -0.3 is 29.8 Å². The van der Waals surface area contributed by atoms with E-state index in [1.54, 1.807) is 12.1 Å². The van der Waals surface area contributed by atoms with Gasteiger partial charge in [-0.3, -0.25) is 39.0 Å². The van der Waals surface area contributed by atoms with Gasteiger partial charge in [-0.15, -0.1) is 13.2 Å². The molecule has 4 N–H and O–H groups in total. The van der Waals surface area contributed by atoms with Gasteiger partial charge in [-0.1, -0.05) is 57.4 Å². The second kappa shape index (κ2) is 20.6. The number of rotatable bonds is 22. The van der Waals surface area contributed by atoms with Crippen molar-refractivity contribution in [3.8, 4) is 28.8 Å². The van der Waals surface area contributed by atoms with Gasteiger partial charge in [-0.25, -0.2) is 9.97 Å². The van der Waals surface area contributed by atoms with Crippen LogP contribution in [0.4, 0.5) is 13.2 Å². The molecule has 1 fully saturated rings. The summed E-state index contributed by atoms with van der Waals surface area (Å²) in [7, 11) is 0. The third-order valence-corrected chi connectivity index (χ3v) is 10.1. The van der Waals surface area contributed by atoms with E-state index in [-0.39, 0.29) is 60.5 Å². The zero-order valence-corrected chi connectivity index (χ0v) is 33.2. The van der Waals surface area contributed by atoms with Gasteiger partial charge in [-0.05, 0) is 55.7 Å². The highest BCUT2D eigenvalue weighted by atomic mass is 19.4. The second-order valence-corrected chi connectivity index (χ2v) is 14.6. The second-order valence-electron chi connectivity index (χ2n) is 14.6. The number of aromatic amines is 1. The Labute approximate surface area is 348 Å². The van der Waals surface area contributed by atoms with E-state index in [0.717, 1.165) is 69.1 Å². The number of aromatic nitrogens is 3. The molecule has 0 saturated carbocycles. The van der Waals surface area contributed by atoms with Crippen LogP contribution in [0.25, 0.3) is 22.6 Å². The number of carbonyl (C=O) groups excluding carboxylic acids is 6.